The van der Waals surface area contributed by atoms with Crippen LogP contribution in [0.1, 0.15) is 18.1 Å². The first-order valence-corrected chi connectivity index (χ1v) is 7.05. The number of nitrogens with one attached hydrogen (secondary N) is 2. The summed E-state index contributed by atoms with van der Waals surface area (Å²) in [7, 11) is 0. The Kier molecular flexibility index (Phi) is 5.23. The molecule has 0 radical (unpaired) electrons. The summed E-state index contributed by atoms with van der Waals surface area (Å²) in [5.74, 6) is -0.260. The Morgan fingerprint density at radius 3 is 2.65 bits per heavy atom. The molecule has 1 saturated heterocycles. The van der Waals surface area contributed by atoms with Gasteiger partial charge in [-0.05, 0) is 18.6 Å². The van der Waals surface area contributed by atoms with Crippen molar-refractivity contribution < 1.29 is 15.0 Å². The molecule has 110 valence electrons. The highest BCUT2D eigenvalue weighted by atomic mass is 35.5. The van der Waals surface area contributed by atoms with Gasteiger partial charge < -0.3 is 20.8 Å². The van der Waals surface area contributed by atoms with Crippen molar-refractivity contribution in [1.29, 1.82) is 0 Å². The van der Waals surface area contributed by atoms with Crippen LogP contribution in [0.5, 0.6) is 0 Å². The number of carbonyl (C=O) groups is 1. The zero-order valence-electron chi connectivity index (χ0n) is 10.6. The Morgan fingerprint density at radius 2 is 2.10 bits per heavy atom. The number of hydrogen-bond donors (Lipinski definition) is 4. The van der Waals surface area contributed by atoms with E-state index in [9.17, 15) is 15.0 Å². The summed E-state index contributed by atoms with van der Waals surface area (Å²) in [6, 6.07) is 4.51. The molecule has 1 fully saturated rings. The van der Waals surface area contributed by atoms with E-state index >= 15 is 0 Å². The zero-order valence-corrected chi connectivity index (χ0v) is 12.2. The van der Waals surface area contributed by atoms with Crippen LogP contribution in [0.25, 0.3) is 0 Å². The van der Waals surface area contributed by atoms with Crippen molar-refractivity contribution in [3.63, 3.8) is 0 Å². The Labute approximate surface area is 126 Å². The van der Waals surface area contributed by atoms with Crippen LogP contribution >= 0.6 is 23.2 Å². The highest BCUT2D eigenvalue weighted by Crippen LogP contribution is 2.29. The fraction of sp³-hybridized carbons (Fsp3) is 0.462. The topological polar surface area (TPSA) is 81.6 Å². The van der Waals surface area contributed by atoms with Gasteiger partial charge in [0.1, 0.15) is 0 Å². The van der Waals surface area contributed by atoms with E-state index in [1.54, 1.807) is 18.2 Å². The van der Waals surface area contributed by atoms with E-state index in [-0.39, 0.29) is 12.5 Å². The van der Waals surface area contributed by atoms with Crippen molar-refractivity contribution in [3.8, 4) is 0 Å². The first-order valence-electron chi connectivity index (χ1n) is 6.30. The normalized spacial score (nSPS) is 23.6. The van der Waals surface area contributed by atoms with E-state index in [4.69, 9.17) is 23.2 Å². The maximum absolute atomic E-state index is 11.8. The smallest absolute Gasteiger partial charge is 0.237 e. The number of halogens is 2. The van der Waals surface area contributed by atoms with Crippen LogP contribution in [0.3, 0.4) is 0 Å². The number of rotatable bonds is 4. The maximum atomic E-state index is 11.8. The summed E-state index contributed by atoms with van der Waals surface area (Å²) < 4.78 is 0. The van der Waals surface area contributed by atoms with Crippen LogP contribution in [0, 0.1) is 0 Å². The second-order valence-corrected chi connectivity index (χ2v) is 5.56. The Hall–Kier alpha value is -0.850. The molecule has 0 spiro atoms. The SMILES string of the molecule is O=C(NC[C@H](O)c1c(Cl)cccc1Cl)[C@H]1C[C@@H](O)CN1. The standard InChI is InChI=1S/C13H16Cl2N2O3/c14-8-2-1-3-9(15)12(8)11(19)6-17-13(20)10-4-7(18)5-16-10/h1-3,7,10-11,16,18-19H,4-6H2,(H,17,20)/t7-,10-,11+/m1/s1. The third kappa shape index (κ3) is 3.62. The van der Waals surface area contributed by atoms with Crippen molar-refractivity contribution in [2.75, 3.05) is 13.1 Å². The lowest BCUT2D eigenvalue weighted by Crippen LogP contribution is -2.41. The third-order valence-corrected chi connectivity index (χ3v) is 3.89. The molecule has 1 aromatic rings. The van der Waals surface area contributed by atoms with Crippen LogP contribution in [-0.4, -0.2) is 41.4 Å². The number of benzene rings is 1. The monoisotopic (exact) mass is 318 g/mol. The average molecular weight is 319 g/mol. The first-order chi connectivity index (χ1) is 9.49. The van der Waals surface area contributed by atoms with Crippen molar-refractivity contribution in [2.24, 2.45) is 0 Å². The minimum atomic E-state index is -0.980. The molecule has 0 bridgehead atoms. The van der Waals surface area contributed by atoms with E-state index in [1.807, 2.05) is 0 Å². The second kappa shape index (κ2) is 6.74. The molecule has 7 heteroatoms. The molecule has 2 rings (SSSR count). The molecule has 0 saturated carbocycles. The van der Waals surface area contributed by atoms with Gasteiger partial charge in [-0.2, -0.15) is 0 Å². The molecule has 1 aliphatic rings. The quantitative estimate of drug-likeness (QED) is 0.664. The summed E-state index contributed by atoms with van der Waals surface area (Å²) >= 11 is 12.0. The van der Waals surface area contributed by atoms with Gasteiger partial charge in [-0.1, -0.05) is 29.3 Å². The molecule has 0 aromatic heterocycles. The predicted molar refractivity (Wildman–Crippen MR) is 76.8 cm³/mol. The van der Waals surface area contributed by atoms with Gasteiger partial charge in [-0.25, -0.2) is 0 Å². The van der Waals surface area contributed by atoms with Gasteiger partial charge in [-0.15, -0.1) is 0 Å². The fourth-order valence-corrected chi connectivity index (χ4v) is 2.82. The maximum Gasteiger partial charge on any atom is 0.237 e. The van der Waals surface area contributed by atoms with E-state index in [0.29, 0.717) is 28.6 Å². The molecule has 1 heterocycles. The average Bonchev–Trinajstić information content (AvgIpc) is 2.82. The molecule has 0 aliphatic carbocycles. The molecular weight excluding hydrogens is 303 g/mol. The van der Waals surface area contributed by atoms with Gasteiger partial charge in [0.05, 0.1) is 18.2 Å². The van der Waals surface area contributed by atoms with Crippen LogP contribution in [0.2, 0.25) is 10.0 Å². The molecule has 4 N–H and O–H groups in total. The molecule has 1 aliphatic heterocycles. The lowest BCUT2D eigenvalue weighted by molar-refractivity contribution is -0.123. The zero-order chi connectivity index (χ0) is 14.7. The lowest BCUT2D eigenvalue weighted by Gasteiger charge is -2.17. The second-order valence-electron chi connectivity index (χ2n) is 4.75. The molecule has 5 nitrogen and oxygen atoms in total. The van der Waals surface area contributed by atoms with Gasteiger partial charge in [-0.3, -0.25) is 4.79 Å². The molecule has 0 unspecified atom stereocenters. The van der Waals surface area contributed by atoms with E-state index in [0.717, 1.165) is 0 Å². The largest absolute Gasteiger partial charge is 0.392 e. The first kappa shape index (κ1) is 15.5. The molecular formula is C13H16Cl2N2O3. The van der Waals surface area contributed by atoms with Crippen LogP contribution < -0.4 is 10.6 Å². The number of aliphatic hydroxyl groups is 2. The highest BCUT2D eigenvalue weighted by molar-refractivity contribution is 6.36. The van der Waals surface area contributed by atoms with Crippen molar-refractivity contribution in [1.82, 2.24) is 10.6 Å². The van der Waals surface area contributed by atoms with Gasteiger partial charge >= 0.3 is 0 Å². The summed E-state index contributed by atoms with van der Waals surface area (Å²) in [4.78, 5) is 11.8. The van der Waals surface area contributed by atoms with Gasteiger partial charge in [0.2, 0.25) is 5.91 Å². The Morgan fingerprint density at radius 1 is 1.45 bits per heavy atom. The summed E-state index contributed by atoms with van der Waals surface area (Å²) in [6.07, 6.45) is -1.12. The van der Waals surface area contributed by atoms with E-state index < -0.39 is 18.2 Å². The predicted octanol–water partition coefficient (Wildman–Crippen LogP) is 0.866. The summed E-state index contributed by atoms with van der Waals surface area (Å²) in [5, 5.41) is 25.6. The minimum absolute atomic E-state index is 0.0105. The lowest BCUT2D eigenvalue weighted by atomic mass is 10.1. The van der Waals surface area contributed by atoms with Crippen molar-refractivity contribution in [2.45, 2.75) is 24.7 Å². The summed E-state index contributed by atoms with van der Waals surface area (Å²) in [5.41, 5.74) is 0.399. The Balaban J connectivity index is 1.92. The number of hydrogen-bond acceptors (Lipinski definition) is 4. The third-order valence-electron chi connectivity index (χ3n) is 3.23. The molecule has 20 heavy (non-hydrogen) atoms. The van der Waals surface area contributed by atoms with Gasteiger partial charge in [0, 0.05) is 28.7 Å². The van der Waals surface area contributed by atoms with Gasteiger partial charge in [0.25, 0.3) is 0 Å². The minimum Gasteiger partial charge on any atom is -0.392 e. The van der Waals surface area contributed by atoms with Crippen LogP contribution in [0.4, 0.5) is 0 Å². The number of carbonyl (C=O) groups excluding carboxylic acids is 1. The van der Waals surface area contributed by atoms with Crippen molar-refractivity contribution >= 4 is 29.1 Å². The van der Waals surface area contributed by atoms with Crippen LogP contribution in [-0.2, 0) is 4.79 Å². The summed E-state index contributed by atoms with van der Waals surface area (Å²) in [6.45, 7) is 0.410. The molecule has 1 aromatic carbocycles. The van der Waals surface area contributed by atoms with E-state index in [1.165, 1.54) is 0 Å². The Bertz CT molecular complexity index is 478. The number of amides is 1. The molecule has 1 amide bonds. The van der Waals surface area contributed by atoms with E-state index in [2.05, 4.69) is 10.6 Å². The fourth-order valence-electron chi connectivity index (χ4n) is 2.17. The number of aliphatic hydroxyl groups excluding tert-OH is 2. The number of β-amino-alcohol motifs (C(OH)–C–C–N with tert-alkyl or cyclic N) is 1. The van der Waals surface area contributed by atoms with Crippen LogP contribution in [0.15, 0.2) is 18.2 Å². The highest BCUT2D eigenvalue weighted by Gasteiger charge is 2.28. The molecule has 3 atom stereocenters. The van der Waals surface area contributed by atoms with Gasteiger partial charge in [0.15, 0.2) is 0 Å². The van der Waals surface area contributed by atoms with Crippen molar-refractivity contribution in [3.05, 3.63) is 33.8 Å².